The Morgan fingerprint density at radius 1 is 0.760 bits per heavy atom. The smallest absolute Gasteiger partial charge is 0.220 e. The van der Waals surface area contributed by atoms with Gasteiger partial charge in [0.25, 0.3) is 0 Å². The van der Waals surface area contributed by atoms with Crippen molar-refractivity contribution in [2.45, 2.75) is 0 Å². The fourth-order valence-corrected chi connectivity index (χ4v) is 2.38. The number of carbonyl (C=O) groups excluding carboxylic acids is 4. The van der Waals surface area contributed by atoms with Crippen LogP contribution in [0.4, 0.5) is 11.4 Å². The van der Waals surface area contributed by atoms with E-state index in [2.05, 4.69) is 9.97 Å². The molecule has 0 saturated heterocycles. The van der Waals surface area contributed by atoms with Gasteiger partial charge in [0.2, 0.25) is 25.6 Å². The lowest BCUT2D eigenvalue weighted by Crippen LogP contribution is -2.17. The molecule has 0 spiro atoms. The van der Waals surface area contributed by atoms with Gasteiger partial charge >= 0.3 is 0 Å². The zero-order valence-corrected chi connectivity index (χ0v) is 12.8. The number of nitrogens with zero attached hydrogens (tertiary/aromatic N) is 3. The average molecular weight is 336 g/mol. The third kappa shape index (κ3) is 3.00. The van der Waals surface area contributed by atoms with E-state index in [1.807, 2.05) is 0 Å². The monoisotopic (exact) mass is 336 g/mol. The number of aromatic nitrogens is 2. The molecule has 1 N–H and O–H groups in total. The summed E-state index contributed by atoms with van der Waals surface area (Å²) in [5, 5.41) is 0. The maximum Gasteiger partial charge on any atom is 0.220 e. The number of H-pyrrole nitrogens is 1. The zero-order valence-electron chi connectivity index (χ0n) is 12.8. The van der Waals surface area contributed by atoms with Crippen LogP contribution in [0.1, 0.15) is 0 Å². The van der Waals surface area contributed by atoms with Gasteiger partial charge < -0.3 is 4.98 Å². The minimum absolute atomic E-state index is 0.427. The van der Waals surface area contributed by atoms with Crippen molar-refractivity contribution >= 4 is 48.0 Å². The van der Waals surface area contributed by atoms with Crippen molar-refractivity contribution in [1.82, 2.24) is 9.97 Å². The van der Waals surface area contributed by atoms with Crippen LogP contribution in [-0.4, -0.2) is 35.6 Å². The van der Waals surface area contributed by atoms with Crippen LogP contribution < -0.4 is 9.80 Å². The lowest BCUT2D eigenvalue weighted by molar-refractivity contribution is -0.115. The summed E-state index contributed by atoms with van der Waals surface area (Å²) >= 11 is 0. The first kappa shape index (κ1) is 16.1. The summed E-state index contributed by atoms with van der Waals surface area (Å²) in [7, 11) is 0. The predicted octanol–water partition coefficient (Wildman–Crippen LogP) is 1.47. The first-order valence-corrected chi connectivity index (χ1v) is 7.18. The molecule has 0 aliphatic heterocycles. The summed E-state index contributed by atoms with van der Waals surface area (Å²) in [6.07, 6.45) is 1.71. The Balaban J connectivity index is 1.96. The molecular formula is C17H12N4O4. The van der Waals surface area contributed by atoms with E-state index in [0.717, 1.165) is 15.4 Å². The van der Waals surface area contributed by atoms with Gasteiger partial charge in [-0.15, -0.1) is 0 Å². The summed E-state index contributed by atoms with van der Waals surface area (Å²) < 4.78 is 0. The lowest BCUT2D eigenvalue weighted by Gasteiger charge is -2.08. The molecule has 0 radical (unpaired) electrons. The number of anilines is 2. The molecule has 1 aromatic heterocycles. The van der Waals surface area contributed by atoms with Gasteiger partial charge in [0.15, 0.2) is 0 Å². The first-order valence-electron chi connectivity index (χ1n) is 7.18. The van der Waals surface area contributed by atoms with Crippen molar-refractivity contribution in [2.24, 2.45) is 0 Å². The molecule has 4 amide bonds. The van der Waals surface area contributed by atoms with E-state index < -0.39 is 0 Å². The number of fused-ring (bicyclic) bond motifs is 1. The van der Waals surface area contributed by atoms with Crippen molar-refractivity contribution in [2.75, 3.05) is 9.80 Å². The van der Waals surface area contributed by atoms with Crippen LogP contribution >= 0.6 is 0 Å². The largest absolute Gasteiger partial charge is 0.338 e. The average Bonchev–Trinajstić information content (AvgIpc) is 3.08. The Hall–Kier alpha value is -3.81. The van der Waals surface area contributed by atoms with Gasteiger partial charge in [-0.05, 0) is 42.5 Å². The van der Waals surface area contributed by atoms with Gasteiger partial charge in [-0.25, -0.2) is 4.98 Å². The normalized spacial score (nSPS) is 10.2. The SMILES string of the molecule is O=CN(C=O)c1ccc(-c2nc3ccc(N(C=O)C=O)cc3[nH]2)cc1. The van der Waals surface area contributed by atoms with Gasteiger partial charge in [-0.1, -0.05) is 0 Å². The summed E-state index contributed by atoms with van der Waals surface area (Å²) in [6, 6.07) is 11.6. The highest BCUT2D eigenvalue weighted by Gasteiger charge is 2.10. The van der Waals surface area contributed by atoms with Crippen molar-refractivity contribution in [1.29, 1.82) is 0 Å². The predicted molar refractivity (Wildman–Crippen MR) is 90.7 cm³/mol. The van der Waals surface area contributed by atoms with E-state index >= 15 is 0 Å². The molecule has 0 aliphatic carbocycles. The Labute approximate surface area is 141 Å². The Bertz CT molecular complexity index is 933. The maximum absolute atomic E-state index is 10.9. The molecule has 8 nitrogen and oxygen atoms in total. The standard InChI is InChI=1S/C17H12N4O4/c22-8-20(9-23)13-3-1-12(2-4-13)17-18-15-6-5-14(7-16(15)19-17)21(10-24)11-25/h1-11H,(H,18,19). The lowest BCUT2D eigenvalue weighted by atomic mass is 10.2. The zero-order chi connectivity index (χ0) is 17.8. The molecule has 2 aromatic carbocycles. The molecule has 0 unspecified atom stereocenters. The molecular weight excluding hydrogens is 324 g/mol. The number of hydrogen-bond donors (Lipinski definition) is 1. The van der Waals surface area contributed by atoms with Gasteiger partial charge in [0.1, 0.15) is 5.82 Å². The molecule has 0 saturated carbocycles. The Morgan fingerprint density at radius 3 is 1.92 bits per heavy atom. The van der Waals surface area contributed by atoms with Crippen LogP contribution in [0.15, 0.2) is 42.5 Å². The summed E-state index contributed by atoms with van der Waals surface area (Å²) in [6.45, 7) is 0. The first-order chi connectivity index (χ1) is 12.2. The van der Waals surface area contributed by atoms with E-state index in [-0.39, 0.29) is 0 Å². The van der Waals surface area contributed by atoms with Crippen LogP contribution in [0.25, 0.3) is 22.4 Å². The number of hydrogen-bond acceptors (Lipinski definition) is 5. The molecule has 1 heterocycles. The maximum atomic E-state index is 10.9. The van der Waals surface area contributed by atoms with Crippen molar-refractivity contribution in [3.8, 4) is 11.4 Å². The van der Waals surface area contributed by atoms with Crippen LogP contribution in [0.3, 0.4) is 0 Å². The summed E-state index contributed by atoms with van der Waals surface area (Å²) in [5.74, 6) is 0.575. The fraction of sp³-hybridized carbons (Fsp3) is 0. The number of benzene rings is 2. The summed E-state index contributed by atoms with van der Waals surface area (Å²) in [5.41, 5.74) is 2.95. The number of imide groups is 2. The molecule has 0 aliphatic rings. The fourth-order valence-electron chi connectivity index (χ4n) is 2.38. The number of rotatable bonds is 7. The van der Waals surface area contributed by atoms with E-state index in [1.165, 1.54) is 0 Å². The van der Waals surface area contributed by atoms with Crippen LogP contribution in [0.5, 0.6) is 0 Å². The molecule has 0 fully saturated rings. The van der Waals surface area contributed by atoms with Crippen molar-refractivity contribution < 1.29 is 19.2 Å². The second-order valence-electron chi connectivity index (χ2n) is 5.07. The molecule has 124 valence electrons. The number of nitrogens with one attached hydrogen (secondary N) is 1. The minimum atomic E-state index is 0.427. The quantitative estimate of drug-likeness (QED) is 0.658. The molecule has 8 heteroatoms. The van der Waals surface area contributed by atoms with Crippen LogP contribution in [-0.2, 0) is 19.2 Å². The van der Waals surface area contributed by atoms with Crippen molar-refractivity contribution in [3.63, 3.8) is 0 Å². The number of imidazole rings is 1. The van der Waals surface area contributed by atoms with E-state index in [1.54, 1.807) is 42.5 Å². The van der Waals surface area contributed by atoms with E-state index in [4.69, 9.17) is 0 Å². The topological polar surface area (TPSA) is 103 Å². The minimum Gasteiger partial charge on any atom is -0.338 e. The highest BCUT2D eigenvalue weighted by molar-refractivity contribution is 5.98. The van der Waals surface area contributed by atoms with Crippen molar-refractivity contribution in [3.05, 3.63) is 42.5 Å². The molecule has 0 atom stereocenters. The van der Waals surface area contributed by atoms with Gasteiger partial charge in [-0.2, -0.15) is 0 Å². The highest BCUT2D eigenvalue weighted by Crippen LogP contribution is 2.25. The van der Waals surface area contributed by atoms with Gasteiger partial charge in [0, 0.05) is 5.56 Å². The second-order valence-corrected chi connectivity index (χ2v) is 5.07. The molecule has 25 heavy (non-hydrogen) atoms. The van der Waals surface area contributed by atoms with E-state index in [9.17, 15) is 19.2 Å². The van der Waals surface area contributed by atoms with E-state index in [0.29, 0.717) is 53.9 Å². The number of amides is 4. The Kier molecular flexibility index (Phi) is 4.34. The summed E-state index contributed by atoms with van der Waals surface area (Å²) in [4.78, 5) is 52.6. The van der Waals surface area contributed by atoms with Gasteiger partial charge in [0.05, 0.1) is 22.4 Å². The number of aromatic amines is 1. The highest BCUT2D eigenvalue weighted by atomic mass is 16.2. The van der Waals surface area contributed by atoms with Crippen LogP contribution in [0.2, 0.25) is 0 Å². The molecule has 3 aromatic rings. The Morgan fingerprint density at radius 2 is 1.32 bits per heavy atom. The molecule has 0 bridgehead atoms. The van der Waals surface area contributed by atoms with Gasteiger partial charge in [-0.3, -0.25) is 29.0 Å². The second kappa shape index (κ2) is 6.75. The van der Waals surface area contributed by atoms with Crippen LogP contribution in [0, 0.1) is 0 Å². The number of carbonyl (C=O) groups is 4. The third-order valence-electron chi connectivity index (χ3n) is 3.66. The molecule has 3 rings (SSSR count). The third-order valence-corrected chi connectivity index (χ3v) is 3.66.